The first-order chi connectivity index (χ1) is 16.1. The van der Waals surface area contributed by atoms with Crippen LogP contribution in [0.4, 0.5) is 0 Å². The molecule has 0 radical (unpaired) electrons. The second kappa shape index (κ2) is 11.6. The lowest BCUT2D eigenvalue weighted by molar-refractivity contribution is 0.156. The van der Waals surface area contributed by atoms with Crippen molar-refractivity contribution in [2.24, 2.45) is 0 Å². The molecule has 194 valence electrons. The largest absolute Gasteiger partial charge is 0.357 e. The summed E-state index contributed by atoms with van der Waals surface area (Å²) in [6.45, 7) is 20.5. The summed E-state index contributed by atoms with van der Waals surface area (Å²) in [4.78, 5) is 17.3. The van der Waals surface area contributed by atoms with Crippen LogP contribution in [0.5, 0.6) is 0 Å². The molecule has 0 saturated heterocycles. The lowest BCUT2D eigenvalue weighted by Gasteiger charge is -2.31. The van der Waals surface area contributed by atoms with Crippen molar-refractivity contribution >= 4 is 0 Å². The summed E-state index contributed by atoms with van der Waals surface area (Å²) in [6, 6.07) is 0. The predicted octanol–water partition coefficient (Wildman–Crippen LogP) is 3.82. The molecule has 3 unspecified atom stereocenters. The van der Waals surface area contributed by atoms with Crippen LogP contribution in [0.25, 0.3) is 0 Å². The van der Waals surface area contributed by atoms with Crippen LogP contribution in [0.15, 0.2) is 35.7 Å². The van der Waals surface area contributed by atoms with Crippen molar-refractivity contribution < 1.29 is 0 Å². The summed E-state index contributed by atoms with van der Waals surface area (Å²) in [6.07, 6.45) is 12.0. The molecule has 7 heteroatoms. The lowest BCUT2D eigenvalue weighted by atomic mass is 10.2. The van der Waals surface area contributed by atoms with Gasteiger partial charge in [-0.25, -0.2) is 0 Å². The second-order valence-electron chi connectivity index (χ2n) is 10.7. The minimum Gasteiger partial charge on any atom is -0.357 e. The quantitative estimate of drug-likeness (QED) is 0.424. The van der Waals surface area contributed by atoms with Crippen molar-refractivity contribution in [2.45, 2.75) is 79.3 Å². The molecule has 3 heterocycles. The minimum absolute atomic E-state index is 0.473. The molecule has 0 aromatic heterocycles. The third-order valence-electron chi connectivity index (χ3n) is 8.52. The fourth-order valence-electron chi connectivity index (χ4n) is 5.39. The van der Waals surface area contributed by atoms with E-state index in [0.717, 1.165) is 19.6 Å². The van der Waals surface area contributed by atoms with E-state index < -0.39 is 0 Å². The average molecular weight is 474 g/mol. The second-order valence-corrected chi connectivity index (χ2v) is 10.7. The molecule has 0 aliphatic carbocycles. The van der Waals surface area contributed by atoms with Gasteiger partial charge in [-0.05, 0) is 80.4 Å². The fourth-order valence-corrected chi connectivity index (χ4v) is 5.39. The molecule has 3 aliphatic heterocycles. The third kappa shape index (κ3) is 6.15. The summed E-state index contributed by atoms with van der Waals surface area (Å²) in [5, 5.41) is 0. The highest BCUT2D eigenvalue weighted by atomic mass is 15.4. The Balaban J connectivity index is 1.47. The van der Waals surface area contributed by atoms with E-state index in [1.807, 2.05) is 0 Å². The van der Waals surface area contributed by atoms with Crippen molar-refractivity contribution in [3.63, 3.8) is 0 Å². The van der Waals surface area contributed by atoms with Crippen molar-refractivity contribution in [1.82, 2.24) is 34.3 Å². The maximum absolute atomic E-state index is 2.71. The van der Waals surface area contributed by atoms with E-state index in [9.17, 15) is 0 Å². The van der Waals surface area contributed by atoms with Gasteiger partial charge < -0.3 is 34.3 Å². The third-order valence-corrected chi connectivity index (χ3v) is 8.52. The molecule has 0 fully saturated rings. The summed E-state index contributed by atoms with van der Waals surface area (Å²) in [5.41, 5.74) is 4.10. The SMILES string of the molecule is CC1=CN(CCCN(CCCN2C=C(C)N(C)C2C)CCCN2C=C(C)N(C)C2C)C(C)N1C. The van der Waals surface area contributed by atoms with Gasteiger partial charge in [-0.2, -0.15) is 0 Å². The Kier molecular flexibility index (Phi) is 9.07. The van der Waals surface area contributed by atoms with Gasteiger partial charge in [0.25, 0.3) is 0 Å². The molecule has 3 aliphatic rings. The van der Waals surface area contributed by atoms with Crippen LogP contribution in [-0.2, 0) is 0 Å². The van der Waals surface area contributed by atoms with Crippen LogP contribution in [0, 0.1) is 0 Å². The number of nitrogens with zero attached hydrogens (tertiary/aromatic N) is 7. The summed E-state index contributed by atoms with van der Waals surface area (Å²) in [7, 11) is 6.59. The molecule has 0 saturated carbocycles. The van der Waals surface area contributed by atoms with E-state index in [4.69, 9.17) is 0 Å². The maximum Gasteiger partial charge on any atom is 0.0977 e. The van der Waals surface area contributed by atoms with Crippen LogP contribution < -0.4 is 0 Å². The molecule has 3 atom stereocenters. The number of rotatable bonds is 12. The molecule has 0 amide bonds. The maximum atomic E-state index is 2.71. The molecule has 0 aromatic carbocycles. The summed E-state index contributed by atoms with van der Waals surface area (Å²) < 4.78 is 0. The van der Waals surface area contributed by atoms with Gasteiger partial charge in [-0.3, -0.25) is 0 Å². The first-order valence-electron chi connectivity index (χ1n) is 13.3. The van der Waals surface area contributed by atoms with E-state index >= 15 is 0 Å². The monoisotopic (exact) mass is 473 g/mol. The standard InChI is InChI=1S/C27H51N7/c1-22-19-32(25(4)28(22)7)16-10-13-31(14-11-17-33-20-23(2)29(8)26(33)5)15-12-18-34-21-24(3)30(9)27(34)6/h19-21,25-27H,10-18H2,1-9H3. The summed E-state index contributed by atoms with van der Waals surface area (Å²) >= 11 is 0. The van der Waals surface area contributed by atoms with Gasteiger partial charge in [-0.15, -0.1) is 0 Å². The van der Waals surface area contributed by atoms with Gasteiger partial charge >= 0.3 is 0 Å². The lowest BCUT2D eigenvalue weighted by Crippen LogP contribution is -2.39. The van der Waals surface area contributed by atoms with Crippen molar-refractivity contribution in [3.05, 3.63) is 35.7 Å². The zero-order valence-corrected chi connectivity index (χ0v) is 23.5. The Bertz CT molecular complexity index is 660. The smallest absolute Gasteiger partial charge is 0.0977 e. The number of hydrogen-bond acceptors (Lipinski definition) is 7. The highest BCUT2D eigenvalue weighted by Crippen LogP contribution is 2.22. The van der Waals surface area contributed by atoms with Gasteiger partial charge in [0.15, 0.2) is 0 Å². The van der Waals surface area contributed by atoms with Crippen molar-refractivity contribution in [2.75, 3.05) is 60.4 Å². The average Bonchev–Trinajstić information content (AvgIpc) is 3.30. The van der Waals surface area contributed by atoms with Crippen LogP contribution in [-0.4, -0.2) is 113 Å². The highest BCUT2D eigenvalue weighted by Gasteiger charge is 2.25. The Morgan fingerprint density at radius 1 is 0.559 bits per heavy atom. The van der Waals surface area contributed by atoms with E-state index in [1.165, 1.54) is 56.0 Å². The molecule has 0 aromatic rings. The topological polar surface area (TPSA) is 22.7 Å². The van der Waals surface area contributed by atoms with E-state index in [-0.39, 0.29) is 0 Å². The van der Waals surface area contributed by atoms with E-state index in [2.05, 4.69) is 116 Å². The Labute approximate surface area is 209 Å². The van der Waals surface area contributed by atoms with Gasteiger partial charge in [0.05, 0.1) is 18.5 Å². The van der Waals surface area contributed by atoms with Crippen molar-refractivity contribution in [3.8, 4) is 0 Å². The van der Waals surface area contributed by atoms with Gasteiger partial charge in [0.2, 0.25) is 0 Å². The van der Waals surface area contributed by atoms with Crippen LogP contribution >= 0.6 is 0 Å². The molecular formula is C27H51N7. The normalized spacial score (nSPS) is 25.2. The van der Waals surface area contributed by atoms with Gasteiger partial charge in [-0.1, -0.05) is 0 Å². The van der Waals surface area contributed by atoms with Crippen LogP contribution in [0.2, 0.25) is 0 Å². The molecule has 34 heavy (non-hydrogen) atoms. The zero-order valence-electron chi connectivity index (χ0n) is 23.5. The molecule has 3 rings (SSSR count). The molecule has 0 spiro atoms. The highest BCUT2D eigenvalue weighted by molar-refractivity contribution is 5.06. The van der Waals surface area contributed by atoms with Crippen LogP contribution in [0.1, 0.15) is 60.8 Å². The van der Waals surface area contributed by atoms with E-state index in [1.54, 1.807) is 0 Å². The Morgan fingerprint density at radius 2 is 0.824 bits per heavy atom. The molecular weight excluding hydrogens is 422 g/mol. The molecule has 0 N–H and O–H groups in total. The zero-order chi connectivity index (χ0) is 25.0. The predicted molar refractivity (Wildman–Crippen MR) is 143 cm³/mol. The Hall–Kier alpha value is -2.02. The number of allylic oxidation sites excluding steroid dienone is 3. The van der Waals surface area contributed by atoms with Gasteiger partial charge in [0, 0.05) is 76.5 Å². The minimum atomic E-state index is 0.473. The Morgan fingerprint density at radius 3 is 1.03 bits per heavy atom. The van der Waals surface area contributed by atoms with Crippen LogP contribution in [0.3, 0.4) is 0 Å². The fraction of sp³-hybridized carbons (Fsp3) is 0.778. The first-order valence-corrected chi connectivity index (χ1v) is 13.3. The molecule has 7 nitrogen and oxygen atoms in total. The summed E-state index contributed by atoms with van der Waals surface area (Å²) in [5.74, 6) is 0. The van der Waals surface area contributed by atoms with Gasteiger partial charge in [0.1, 0.15) is 0 Å². The van der Waals surface area contributed by atoms with E-state index in [0.29, 0.717) is 18.5 Å². The van der Waals surface area contributed by atoms with Crippen molar-refractivity contribution in [1.29, 1.82) is 0 Å². The molecule has 0 bridgehead atoms. The first kappa shape index (κ1) is 26.6. The number of hydrogen-bond donors (Lipinski definition) is 0.